The van der Waals surface area contributed by atoms with Gasteiger partial charge in [0.1, 0.15) is 5.73 Å². The number of allylic oxidation sites excluding steroid dienone is 1. The van der Waals surface area contributed by atoms with Crippen LogP contribution in [-0.4, -0.2) is 18.3 Å². The summed E-state index contributed by atoms with van der Waals surface area (Å²) in [6.07, 6.45) is 1.78. The second-order valence-corrected chi connectivity index (χ2v) is 7.41. The zero-order chi connectivity index (χ0) is 16.1. The molecule has 1 atom stereocenters. The van der Waals surface area contributed by atoms with Gasteiger partial charge in [-0.2, -0.15) is 0 Å². The normalized spacial score (nSPS) is 28.5. The zero-order valence-electron chi connectivity index (χ0n) is 14.1. The zero-order valence-corrected chi connectivity index (χ0v) is 14.1. The third-order valence-electron chi connectivity index (χ3n) is 5.45. The van der Waals surface area contributed by atoms with Crippen molar-refractivity contribution in [1.82, 2.24) is 0 Å². The molecule has 0 radical (unpaired) electrons. The van der Waals surface area contributed by atoms with Crippen molar-refractivity contribution in [1.29, 1.82) is 0 Å². The quantitative estimate of drug-likeness (QED) is 0.735. The Kier molecular flexibility index (Phi) is 3.73. The van der Waals surface area contributed by atoms with Gasteiger partial charge in [0.2, 0.25) is 0 Å². The highest BCUT2D eigenvalue weighted by atomic mass is 19.1. The molecule has 0 aromatic heterocycles. The van der Waals surface area contributed by atoms with Crippen molar-refractivity contribution in [3.63, 3.8) is 0 Å². The molecule has 1 saturated carbocycles. The van der Waals surface area contributed by atoms with Crippen LogP contribution in [0.4, 0.5) is 4.39 Å². The van der Waals surface area contributed by atoms with E-state index in [1.54, 1.807) is 0 Å². The monoisotopic (exact) mass is 302 g/mol. The average molecular weight is 302 g/mol. The summed E-state index contributed by atoms with van der Waals surface area (Å²) in [5.74, 6) is 0.167. The Hall–Kier alpha value is -1.13. The van der Waals surface area contributed by atoms with Crippen LogP contribution >= 0.6 is 0 Å². The van der Waals surface area contributed by atoms with Gasteiger partial charge in [-0.25, -0.2) is 4.39 Å². The van der Waals surface area contributed by atoms with E-state index in [4.69, 9.17) is 9.31 Å². The van der Waals surface area contributed by atoms with Crippen LogP contribution < -0.4 is 0 Å². The topological polar surface area (TPSA) is 18.5 Å². The summed E-state index contributed by atoms with van der Waals surface area (Å²) in [6, 6.07) is 8.21. The van der Waals surface area contributed by atoms with Crippen LogP contribution in [0.25, 0.3) is 0 Å². The van der Waals surface area contributed by atoms with Crippen LogP contribution in [0.15, 0.2) is 35.6 Å². The predicted molar refractivity (Wildman–Crippen MR) is 87.4 cm³/mol. The first kappa shape index (κ1) is 15.8. The Morgan fingerprint density at radius 1 is 1.14 bits per heavy atom. The van der Waals surface area contributed by atoms with Gasteiger partial charge in [0.05, 0.1) is 11.2 Å². The maximum atomic E-state index is 14.9. The first-order valence-electron chi connectivity index (χ1n) is 8.02. The molecule has 3 rings (SSSR count). The summed E-state index contributed by atoms with van der Waals surface area (Å²) in [5, 5.41) is 0. The predicted octanol–water partition coefficient (Wildman–Crippen LogP) is 4.73. The molecule has 1 aromatic rings. The highest BCUT2D eigenvalue weighted by Crippen LogP contribution is 2.47. The molecule has 0 bridgehead atoms. The second-order valence-electron chi connectivity index (χ2n) is 7.41. The van der Waals surface area contributed by atoms with Crippen LogP contribution in [0.3, 0.4) is 0 Å². The molecule has 1 aliphatic carbocycles. The fourth-order valence-corrected chi connectivity index (χ4v) is 3.14. The number of halogens is 1. The van der Waals surface area contributed by atoms with Crippen LogP contribution in [0.2, 0.25) is 0 Å². The van der Waals surface area contributed by atoms with Gasteiger partial charge in [-0.3, -0.25) is 0 Å². The van der Waals surface area contributed by atoms with E-state index >= 15 is 0 Å². The maximum Gasteiger partial charge on any atom is 0.525 e. The maximum absolute atomic E-state index is 14.9. The smallest absolute Gasteiger partial charge is 0.398 e. The van der Waals surface area contributed by atoms with Crippen molar-refractivity contribution < 1.29 is 13.7 Å². The molecule has 0 N–H and O–H groups in total. The number of hydrogen-bond acceptors (Lipinski definition) is 2. The largest absolute Gasteiger partial charge is 0.525 e. The molecule has 118 valence electrons. The van der Waals surface area contributed by atoms with E-state index in [0.29, 0.717) is 0 Å². The molecule has 2 fully saturated rings. The lowest BCUT2D eigenvalue weighted by Crippen LogP contribution is -2.41. The Morgan fingerprint density at radius 3 is 2.23 bits per heavy atom. The summed E-state index contributed by atoms with van der Waals surface area (Å²) in [6.45, 7) is 9.88. The molecule has 0 amide bonds. The Bertz CT molecular complexity index is 605. The number of benzene rings is 1. The lowest BCUT2D eigenvalue weighted by molar-refractivity contribution is 0.00578. The van der Waals surface area contributed by atoms with E-state index in [0.717, 1.165) is 18.4 Å². The molecule has 2 nitrogen and oxygen atoms in total. The first-order chi connectivity index (χ1) is 10.2. The van der Waals surface area contributed by atoms with Gasteiger partial charge >= 0.3 is 7.12 Å². The van der Waals surface area contributed by atoms with Crippen molar-refractivity contribution in [2.75, 3.05) is 0 Å². The van der Waals surface area contributed by atoms with Crippen molar-refractivity contribution >= 4 is 7.12 Å². The Labute approximate surface area is 132 Å². The molecule has 1 heterocycles. The van der Waals surface area contributed by atoms with Crippen molar-refractivity contribution in [2.24, 2.45) is 0 Å². The Balaban J connectivity index is 1.87. The lowest BCUT2D eigenvalue weighted by Gasteiger charge is -2.32. The minimum absolute atomic E-state index is 0.167. The van der Waals surface area contributed by atoms with Gasteiger partial charge in [-0.1, -0.05) is 24.3 Å². The van der Waals surface area contributed by atoms with Gasteiger partial charge in [0, 0.05) is 5.92 Å². The van der Waals surface area contributed by atoms with Crippen LogP contribution in [0.1, 0.15) is 57.6 Å². The molecular formula is C18H24BFO2. The van der Waals surface area contributed by atoms with E-state index in [1.807, 2.05) is 39.8 Å². The molecule has 0 spiro atoms. The summed E-state index contributed by atoms with van der Waals surface area (Å²) in [4.78, 5) is 0. The van der Waals surface area contributed by atoms with E-state index in [2.05, 4.69) is 19.1 Å². The highest BCUT2D eigenvalue weighted by Gasteiger charge is 2.54. The third kappa shape index (κ3) is 2.42. The summed E-state index contributed by atoms with van der Waals surface area (Å²) in [5.41, 5.74) is 2.04. The van der Waals surface area contributed by atoms with Crippen LogP contribution in [-0.2, 0) is 9.31 Å². The molecule has 22 heavy (non-hydrogen) atoms. The summed E-state index contributed by atoms with van der Waals surface area (Å²) >= 11 is 0. The number of aryl methyl sites for hydroxylation is 1. The third-order valence-corrected chi connectivity index (χ3v) is 5.45. The van der Waals surface area contributed by atoms with Crippen molar-refractivity contribution in [2.45, 2.75) is 64.6 Å². The van der Waals surface area contributed by atoms with Crippen LogP contribution in [0, 0.1) is 6.92 Å². The molecule has 1 unspecified atom stereocenters. The van der Waals surface area contributed by atoms with Gasteiger partial charge in [-0.05, 0) is 64.2 Å². The first-order valence-corrected chi connectivity index (χ1v) is 8.02. The van der Waals surface area contributed by atoms with Gasteiger partial charge in [-0.15, -0.1) is 0 Å². The fourth-order valence-electron chi connectivity index (χ4n) is 3.14. The molecule has 1 aromatic carbocycles. The SMILES string of the molecule is Cc1ccccc1C1CCC1=C(F)B1OC(C)(C)C(C)(C)O1. The molecule has 4 heteroatoms. The van der Waals surface area contributed by atoms with Crippen LogP contribution in [0.5, 0.6) is 0 Å². The molecule has 1 aliphatic heterocycles. The van der Waals surface area contributed by atoms with Crippen molar-refractivity contribution in [3.05, 3.63) is 46.7 Å². The molecule has 2 aliphatic rings. The fraction of sp³-hybridized carbons (Fsp3) is 0.556. The minimum Gasteiger partial charge on any atom is -0.398 e. The summed E-state index contributed by atoms with van der Waals surface area (Å²) in [7, 11) is -0.869. The van der Waals surface area contributed by atoms with E-state index < -0.39 is 18.3 Å². The second kappa shape index (κ2) is 5.21. The highest BCUT2D eigenvalue weighted by molar-refractivity contribution is 6.54. The average Bonchev–Trinajstić information content (AvgIpc) is 2.60. The summed E-state index contributed by atoms with van der Waals surface area (Å²) < 4.78 is 26.6. The van der Waals surface area contributed by atoms with Gasteiger partial charge in [0.25, 0.3) is 0 Å². The molecular weight excluding hydrogens is 278 g/mol. The molecule has 1 saturated heterocycles. The van der Waals surface area contributed by atoms with Gasteiger partial charge in [0.15, 0.2) is 0 Å². The lowest BCUT2D eigenvalue weighted by atomic mass is 9.68. The number of rotatable bonds is 2. The standard InChI is InChI=1S/C18H24BFO2/c1-12-8-6-7-9-13(12)14-10-11-15(14)16(20)19-21-17(2,3)18(4,5)22-19/h6-9,14H,10-11H2,1-5H3. The van der Waals surface area contributed by atoms with E-state index in [-0.39, 0.29) is 11.6 Å². The van der Waals surface area contributed by atoms with E-state index in [9.17, 15) is 4.39 Å². The minimum atomic E-state index is -0.869. The Morgan fingerprint density at radius 2 is 1.73 bits per heavy atom. The van der Waals surface area contributed by atoms with Crippen molar-refractivity contribution in [3.8, 4) is 0 Å². The van der Waals surface area contributed by atoms with Gasteiger partial charge < -0.3 is 9.31 Å². The van der Waals surface area contributed by atoms with E-state index in [1.165, 1.54) is 11.1 Å². The number of hydrogen-bond donors (Lipinski definition) is 0.